The van der Waals surface area contributed by atoms with Gasteiger partial charge in [0.2, 0.25) is 0 Å². The van der Waals surface area contributed by atoms with Crippen molar-refractivity contribution in [3.63, 3.8) is 0 Å². The van der Waals surface area contributed by atoms with Gasteiger partial charge in [0.15, 0.2) is 0 Å². The number of hydrazine groups is 1. The fraction of sp³-hybridized carbons (Fsp3) is 0.455. The van der Waals surface area contributed by atoms with Gasteiger partial charge in [-0.1, -0.05) is 19.1 Å². The van der Waals surface area contributed by atoms with E-state index in [1.54, 1.807) is 0 Å². The van der Waals surface area contributed by atoms with Crippen LogP contribution in [0.15, 0.2) is 24.3 Å². The van der Waals surface area contributed by atoms with Crippen LogP contribution < -0.4 is 10.9 Å². The van der Waals surface area contributed by atoms with Crippen LogP contribution in [0, 0.1) is 5.82 Å². The molecule has 1 aromatic rings. The summed E-state index contributed by atoms with van der Waals surface area (Å²) in [6.07, 6.45) is 2.19. The van der Waals surface area contributed by atoms with Crippen molar-refractivity contribution in [2.45, 2.75) is 31.8 Å². The van der Waals surface area contributed by atoms with Crippen LogP contribution >= 0.6 is 0 Å². The standard InChI is InChI=1S/C11H15FN2/c1-2-10-7-11(14-13-10)8-3-5-9(12)6-4-8/h3-6,10-11,13-14H,2,7H2,1H3. The number of hydrogen-bond acceptors (Lipinski definition) is 2. The van der Waals surface area contributed by atoms with E-state index in [9.17, 15) is 4.39 Å². The first-order chi connectivity index (χ1) is 6.79. The van der Waals surface area contributed by atoms with E-state index in [1.165, 1.54) is 12.1 Å². The normalized spacial score (nSPS) is 26.7. The van der Waals surface area contributed by atoms with E-state index < -0.39 is 0 Å². The minimum atomic E-state index is -0.174. The molecule has 1 saturated heterocycles. The van der Waals surface area contributed by atoms with Gasteiger partial charge < -0.3 is 0 Å². The van der Waals surface area contributed by atoms with E-state index in [1.807, 2.05) is 12.1 Å². The third kappa shape index (κ3) is 1.94. The number of hydrogen-bond donors (Lipinski definition) is 2. The Morgan fingerprint density at radius 1 is 1.29 bits per heavy atom. The summed E-state index contributed by atoms with van der Waals surface area (Å²) in [7, 11) is 0. The van der Waals surface area contributed by atoms with Crippen molar-refractivity contribution in [1.29, 1.82) is 0 Å². The van der Waals surface area contributed by atoms with Gasteiger partial charge in [-0.2, -0.15) is 0 Å². The minimum absolute atomic E-state index is 0.174. The monoisotopic (exact) mass is 194 g/mol. The molecule has 2 unspecified atom stereocenters. The molecule has 2 atom stereocenters. The first-order valence-corrected chi connectivity index (χ1v) is 5.06. The summed E-state index contributed by atoms with van der Waals surface area (Å²) < 4.78 is 12.7. The van der Waals surface area contributed by atoms with E-state index in [0.717, 1.165) is 18.4 Å². The molecule has 2 N–H and O–H groups in total. The lowest BCUT2D eigenvalue weighted by Gasteiger charge is -2.08. The maximum atomic E-state index is 12.7. The average Bonchev–Trinajstić information content (AvgIpc) is 2.67. The van der Waals surface area contributed by atoms with E-state index in [-0.39, 0.29) is 5.82 Å². The minimum Gasteiger partial charge on any atom is -0.254 e. The second kappa shape index (κ2) is 4.07. The van der Waals surface area contributed by atoms with Crippen LogP contribution in [0.1, 0.15) is 31.4 Å². The Hall–Kier alpha value is -0.930. The van der Waals surface area contributed by atoms with Gasteiger partial charge in [0.25, 0.3) is 0 Å². The molecular formula is C11H15FN2. The molecule has 2 nitrogen and oxygen atoms in total. The Morgan fingerprint density at radius 2 is 2.00 bits per heavy atom. The van der Waals surface area contributed by atoms with Crippen LogP contribution in [-0.4, -0.2) is 6.04 Å². The quantitative estimate of drug-likeness (QED) is 0.753. The summed E-state index contributed by atoms with van der Waals surface area (Å²) in [5.74, 6) is -0.174. The van der Waals surface area contributed by atoms with Crippen molar-refractivity contribution >= 4 is 0 Å². The second-order valence-corrected chi connectivity index (χ2v) is 3.73. The third-order valence-electron chi connectivity index (χ3n) is 2.75. The number of halogens is 1. The highest BCUT2D eigenvalue weighted by Crippen LogP contribution is 2.23. The van der Waals surface area contributed by atoms with Crippen molar-refractivity contribution in [3.8, 4) is 0 Å². The van der Waals surface area contributed by atoms with Gasteiger partial charge in [-0.15, -0.1) is 0 Å². The molecule has 76 valence electrons. The van der Waals surface area contributed by atoms with E-state index >= 15 is 0 Å². The van der Waals surface area contributed by atoms with Gasteiger partial charge in [0, 0.05) is 12.1 Å². The Morgan fingerprint density at radius 3 is 2.57 bits per heavy atom. The highest BCUT2D eigenvalue weighted by Gasteiger charge is 2.23. The molecule has 0 radical (unpaired) electrons. The van der Waals surface area contributed by atoms with Gasteiger partial charge in [0.05, 0.1) is 0 Å². The van der Waals surface area contributed by atoms with E-state index in [2.05, 4.69) is 17.8 Å². The molecule has 3 heteroatoms. The zero-order valence-electron chi connectivity index (χ0n) is 8.26. The zero-order valence-corrected chi connectivity index (χ0v) is 8.26. The smallest absolute Gasteiger partial charge is 0.123 e. The van der Waals surface area contributed by atoms with Gasteiger partial charge in [0.1, 0.15) is 5.82 Å². The lowest BCUT2D eigenvalue weighted by atomic mass is 10.0. The number of benzene rings is 1. The summed E-state index contributed by atoms with van der Waals surface area (Å²) in [5, 5.41) is 0. The highest BCUT2D eigenvalue weighted by molar-refractivity contribution is 5.20. The first kappa shape index (κ1) is 9.62. The van der Waals surface area contributed by atoms with Gasteiger partial charge in [-0.3, -0.25) is 10.9 Å². The van der Waals surface area contributed by atoms with E-state index in [4.69, 9.17) is 0 Å². The molecule has 0 saturated carbocycles. The lowest BCUT2D eigenvalue weighted by Crippen LogP contribution is -2.30. The predicted molar refractivity (Wildman–Crippen MR) is 54.1 cm³/mol. The molecule has 2 rings (SSSR count). The van der Waals surface area contributed by atoms with E-state index in [0.29, 0.717) is 12.1 Å². The third-order valence-corrected chi connectivity index (χ3v) is 2.75. The summed E-state index contributed by atoms with van der Waals surface area (Å²) >= 11 is 0. The molecular weight excluding hydrogens is 179 g/mol. The summed E-state index contributed by atoms with van der Waals surface area (Å²) in [4.78, 5) is 0. The number of nitrogens with one attached hydrogen (secondary N) is 2. The van der Waals surface area contributed by atoms with Gasteiger partial charge in [-0.25, -0.2) is 4.39 Å². The second-order valence-electron chi connectivity index (χ2n) is 3.73. The highest BCUT2D eigenvalue weighted by atomic mass is 19.1. The topological polar surface area (TPSA) is 24.1 Å². The molecule has 0 aliphatic carbocycles. The largest absolute Gasteiger partial charge is 0.254 e. The van der Waals surface area contributed by atoms with Crippen LogP contribution in [0.2, 0.25) is 0 Å². The molecule has 0 bridgehead atoms. The SMILES string of the molecule is CCC1CC(c2ccc(F)cc2)NN1. The van der Waals surface area contributed by atoms with Crippen LogP contribution in [0.3, 0.4) is 0 Å². The van der Waals surface area contributed by atoms with Crippen LogP contribution in [-0.2, 0) is 0 Å². The fourth-order valence-electron chi connectivity index (χ4n) is 1.80. The fourth-order valence-corrected chi connectivity index (χ4v) is 1.80. The van der Waals surface area contributed by atoms with Crippen molar-refractivity contribution in [2.75, 3.05) is 0 Å². The molecule has 14 heavy (non-hydrogen) atoms. The maximum absolute atomic E-state index is 12.7. The molecule has 0 spiro atoms. The Balaban J connectivity index is 2.06. The van der Waals surface area contributed by atoms with Gasteiger partial charge in [-0.05, 0) is 30.5 Å². The van der Waals surface area contributed by atoms with Gasteiger partial charge >= 0.3 is 0 Å². The van der Waals surface area contributed by atoms with Crippen LogP contribution in [0.25, 0.3) is 0 Å². The lowest BCUT2D eigenvalue weighted by molar-refractivity contribution is 0.532. The summed E-state index contributed by atoms with van der Waals surface area (Å²) in [5.41, 5.74) is 7.59. The van der Waals surface area contributed by atoms with Crippen molar-refractivity contribution < 1.29 is 4.39 Å². The van der Waals surface area contributed by atoms with Crippen molar-refractivity contribution in [1.82, 2.24) is 10.9 Å². The summed E-state index contributed by atoms with van der Waals surface area (Å²) in [6, 6.07) is 7.55. The molecule has 1 heterocycles. The zero-order chi connectivity index (χ0) is 9.97. The first-order valence-electron chi connectivity index (χ1n) is 5.06. The van der Waals surface area contributed by atoms with Crippen LogP contribution in [0.4, 0.5) is 4.39 Å². The Kier molecular flexibility index (Phi) is 2.79. The average molecular weight is 194 g/mol. The van der Waals surface area contributed by atoms with Crippen molar-refractivity contribution in [3.05, 3.63) is 35.6 Å². The predicted octanol–water partition coefficient (Wildman–Crippen LogP) is 2.14. The summed E-state index contributed by atoms with van der Waals surface area (Å²) in [6.45, 7) is 2.16. The molecule has 1 aliphatic rings. The molecule has 0 amide bonds. The maximum Gasteiger partial charge on any atom is 0.123 e. The molecule has 1 aliphatic heterocycles. The molecule has 1 aromatic carbocycles. The Bertz CT molecular complexity index is 297. The molecule has 1 fully saturated rings. The van der Waals surface area contributed by atoms with Crippen LogP contribution in [0.5, 0.6) is 0 Å². The number of rotatable bonds is 2. The molecule has 0 aromatic heterocycles. The Labute approximate surface area is 83.5 Å². The van der Waals surface area contributed by atoms with Crippen molar-refractivity contribution in [2.24, 2.45) is 0 Å².